The van der Waals surface area contributed by atoms with E-state index in [9.17, 15) is 13.2 Å². The van der Waals surface area contributed by atoms with E-state index < -0.39 is 17.5 Å². The van der Waals surface area contributed by atoms with E-state index in [1.165, 1.54) is 0 Å². The largest absolute Gasteiger partial charge is 0.377 e. The lowest BCUT2D eigenvalue weighted by Crippen LogP contribution is -2.05. The Morgan fingerprint density at radius 1 is 1.06 bits per heavy atom. The molecule has 0 aliphatic rings. The van der Waals surface area contributed by atoms with E-state index in [0.717, 1.165) is 11.8 Å². The van der Waals surface area contributed by atoms with Crippen LogP contribution < -0.4 is 5.32 Å². The average molecular weight is 252 g/mol. The van der Waals surface area contributed by atoms with Crippen molar-refractivity contribution in [1.82, 2.24) is 4.98 Å². The Hall–Kier alpha value is -2.04. The lowest BCUT2D eigenvalue weighted by Gasteiger charge is -2.08. The van der Waals surface area contributed by atoms with E-state index in [2.05, 4.69) is 10.3 Å². The van der Waals surface area contributed by atoms with Crippen molar-refractivity contribution < 1.29 is 13.2 Å². The van der Waals surface area contributed by atoms with Crippen LogP contribution in [0, 0.1) is 24.4 Å². The van der Waals surface area contributed by atoms with Crippen LogP contribution in [0.1, 0.15) is 11.4 Å². The summed E-state index contributed by atoms with van der Waals surface area (Å²) in [6, 6.07) is 6.72. The Labute approximate surface area is 102 Å². The van der Waals surface area contributed by atoms with Crippen LogP contribution in [-0.2, 0) is 6.54 Å². The van der Waals surface area contributed by atoms with Crippen LogP contribution in [0.5, 0.6) is 0 Å². The molecular weight excluding hydrogens is 241 g/mol. The maximum absolute atomic E-state index is 13.3. The highest BCUT2D eigenvalue weighted by Gasteiger charge is 2.09. The van der Waals surface area contributed by atoms with Crippen molar-refractivity contribution in [3.05, 3.63) is 59.2 Å². The van der Waals surface area contributed by atoms with Crippen LogP contribution in [-0.4, -0.2) is 4.98 Å². The number of hydrogen-bond acceptors (Lipinski definition) is 2. The van der Waals surface area contributed by atoms with Gasteiger partial charge in [0.1, 0.15) is 5.82 Å². The van der Waals surface area contributed by atoms with Crippen molar-refractivity contribution in [2.24, 2.45) is 0 Å². The number of pyridine rings is 1. The molecule has 0 radical (unpaired) electrons. The first-order valence-electron chi connectivity index (χ1n) is 5.37. The molecule has 2 rings (SSSR count). The second-order valence-corrected chi connectivity index (χ2v) is 3.87. The zero-order valence-corrected chi connectivity index (χ0v) is 9.67. The molecule has 0 bridgehead atoms. The van der Waals surface area contributed by atoms with Crippen molar-refractivity contribution in [2.75, 3.05) is 5.32 Å². The van der Waals surface area contributed by atoms with Gasteiger partial charge in [-0.15, -0.1) is 0 Å². The molecule has 0 fully saturated rings. The molecule has 1 aromatic heterocycles. The predicted octanol–water partition coefficient (Wildman–Crippen LogP) is 3.42. The fourth-order valence-electron chi connectivity index (χ4n) is 1.54. The summed E-state index contributed by atoms with van der Waals surface area (Å²) in [5.74, 6) is -3.12. The number of nitrogens with zero attached hydrogens (tertiary/aromatic N) is 1. The van der Waals surface area contributed by atoms with Crippen LogP contribution in [0.25, 0.3) is 0 Å². The number of anilines is 1. The molecule has 5 heteroatoms. The van der Waals surface area contributed by atoms with Crippen molar-refractivity contribution in [3.63, 3.8) is 0 Å². The molecule has 2 nitrogen and oxygen atoms in total. The number of aryl methyl sites for hydroxylation is 1. The van der Waals surface area contributed by atoms with Gasteiger partial charge in [-0.3, -0.25) is 4.98 Å². The Kier molecular flexibility index (Phi) is 3.50. The van der Waals surface area contributed by atoms with E-state index >= 15 is 0 Å². The summed E-state index contributed by atoms with van der Waals surface area (Å²) >= 11 is 0. The minimum Gasteiger partial charge on any atom is -0.377 e. The Morgan fingerprint density at radius 3 is 2.50 bits per heavy atom. The molecule has 0 amide bonds. The van der Waals surface area contributed by atoms with Gasteiger partial charge >= 0.3 is 0 Å². The lowest BCUT2D eigenvalue weighted by atomic mass is 10.2. The SMILES string of the molecule is Cc1cccc(CNc2cc(F)c(F)cc2F)n1. The van der Waals surface area contributed by atoms with Crippen LogP contribution in [0.15, 0.2) is 30.3 Å². The van der Waals surface area contributed by atoms with Crippen molar-refractivity contribution in [1.29, 1.82) is 0 Å². The van der Waals surface area contributed by atoms with Gasteiger partial charge in [-0.1, -0.05) is 6.07 Å². The van der Waals surface area contributed by atoms with Crippen LogP contribution >= 0.6 is 0 Å². The molecule has 0 saturated carbocycles. The van der Waals surface area contributed by atoms with E-state index in [1.807, 2.05) is 19.1 Å². The second kappa shape index (κ2) is 5.08. The number of rotatable bonds is 3. The van der Waals surface area contributed by atoms with Crippen molar-refractivity contribution in [2.45, 2.75) is 13.5 Å². The maximum Gasteiger partial charge on any atom is 0.161 e. The van der Waals surface area contributed by atoms with Gasteiger partial charge in [-0.05, 0) is 19.1 Å². The Morgan fingerprint density at radius 2 is 1.78 bits per heavy atom. The number of aromatic nitrogens is 1. The molecule has 0 saturated heterocycles. The third-order valence-electron chi connectivity index (χ3n) is 2.42. The normalized spacial score (nSPS) is 10.4. The van der Waals surface area contributed by atoms with Crippen LogP contribution in [0.2, 0.25) is 0 Å². The zero-order valence-electron chi connectivity index (χ0n) is 9.67. The molecule has 0 aliphatic carbocycles. The van der Waals surface area contributed by atoms with Crippen LogP contribution in [0.4, 0.5) is 18.9 Å². The third kappa shape index (κ3) is 2.80. The topological polar surface area (TPSA) is 24.9 Å². The highest BCUT2D eigenvalue weighted by molar-refractivity contribution is 5.45. The number of hydrogen-bond donors (Lipinski definition) is 1. The third-order valence-corrected chi connectivity index (χ3v) is 2.42. The molecule has 1 N–H and O–H groups in total. The molecule has 0 aliphatic heterocycles. The fraction of sp³-hybridized carbons (Fsp3) is 0.154. The van der Waals surface area contributed by atoms with Gasteiger partial charge in [0.15, 0.2) is 11.6 Å². The number of benzene rings is 1. The first kappa shape index (κ1) is 12.4. The molecule has 1 heterocycles. The van der Waals surface area contributed by atoms with Gasteiger partial charge in [0.25, 0.3) is 0 Å². The van der Waals surface area contributed by atoms with Crippen molar-refractivity contribution >= 4 is 5.69 Å². The van der Waals surface area contributed by atoms with E-state index in [0.29, 0.717) is 11.8 Å². The predicted molar refractivity (Wildman–Crippen MR) is 62.6 cm³/mol. The summed E-state index contributed by atoms with van der Waals surface area (Å²) in [5.41, 5.74) is 1.44. The molecule has 0 unspecified atom stereocenters. The minimum atomic E-state index is -1.20. The van der Waals surface area contributed by atoms with Gasteiger partial charge < -0.3 is 5.32 Å². The highest BCUT2D eigenvalue weighted by Crippen LogP contribution is 2.18. The summed E-state index contributed by atoms with van der Waals surface area (Å²) in [7, 11) is 0. The van der Waals surface area contributed by atoms with Crippen LogP contribution in [0.3, 0.4) is 0 Å². The summed E-state index contributed by atoms with van der Waals surface area (Å²) in [6.45, 7) is 2.07. The van der Waals surface area contributed by atoms with Gasteiger partial charge in [0, 0.05) is 17.8 Å². The molecular formula is C13H11F3N2. The fourth-order valence-corrected chi connectivity index (χ4v) is 1.54. The summed E-state index contributed by atoms with van der Waals surface area (Å²) < 4.78 is 39.0. The molecule has 0 spiro atoms. The number of nitrogens with one attached hydrogen (secondary N) is 1. The summed E-state index contributed by atoms with van der Waals surface area (Å²) in [4.78, 5) is 4.21. The first-order chi connectivity index (χ1) is 8.56. The van der Waals surface area contributed by atoms with E-state index in [4.69, 9.17) is 0 Å². The second-order valence-electron chi connectivity index (χ2n) is 3.87. The van der Waals surface area contributed by atoms with Crippen molar-refractivity contribution in [3.8, 4) is 0 Å². The lowest BCUT2D eigenvalue weighted by molar-refractivity contribution is 0.496. The van der Waals surface area contributed by atoms with Gasteiger partial charge in [0.2, 0.25) is 0 Å². The maximum atomic E-state index is 13.3. The Balaban J connectivity index is 2.13. The summed E-state index contributed by atoms with van der Waals surface area (Å²) in [5, 5.41) is 2.68. The standard InChI is InChI=1S/C13H11F3N2/c1-8-3-2-4-9(18-8)7-17-13-6-11(15)10(14)5-12(13)16/h2-6,17H,7H2,1H3. The molecule has 0 atom stereocenters. The zero-order chi connectivity index (χ0) is 13.1. The quantitative estimate of drug-likeness (QED) is 0.847. The first-order valence-corrected chi connectivity index (χ1v) is 5.37. The molecule has 94 valence electrons. The van der Waals surface area contributed by atoms with E-state index in [1.54, 1.807) is 6.07 Å². The van der Waals surface area contributed by atoms with Gasteiger partial charge in [-0.2, -0.15) is 0 Å². The van der Waals surface area contributed by atoms with Gasteiger partial charge in [0.05, 0.1) is 17.9 Å². The molecule has 1 aromatic carbocycles. The van der Waals surface area contributed by atoms with Gasteiger partial charge in [-0.25, -0.2) is 13.2 Å². The highest BCUT2D eigenvalue weighted by atomic mass is 19.2. The smallest absolute Gasteiger partial charge is 0.161 e. The summed E-state index contributed by atoms with van der Waals surface area (Å²) in [6.07, 6.45) is 0. The molecule has 2 aromatic rings. The molecule has 18 heavy (non-hydrogen) atoms. The average Bonchev–Trinajstić information content (AvgIpc) is 2.32. The monoisotopic (exact) mass is 252 g/mol. The number of halogens is 3. The minimum absolute atomic E-state index is 0.0859. The van der Waals surface area contributed by atoms with E-state index in [-0.39, 0.29) is 12.2 Å². The Bertz CT molecular complexity index is 570.